The zero-order valence-corrected chi connectivity index (χ0v) is 13.2. The van der Waals surface area contributed by atoms with Crippen LogP contribution in [0.5, 0.6) is 0 Å². The summed E-state index contributed by atoms with van der Waals surface area (Å²) in [7, 11) is 0. The van der Waals surface area contributed by atoms with Crippen LogP contribution in [-0.4, -0.2) is 4.92 Å². The Morgan fingerprint density at radius 3 is 2.60 bits per heavy atom. The molecule has 0 fully saturated rings. The quantitative estimate of drug-likeness (QED) is 0.584. The van der Waals surface area contributed by atoms with E-state index in [4.69, 9.17) is 23.2 Å². The van der Waals surface area contributed by atoms with Crippen molar-refractivity contribution < 1.29 is 4.92 Å². The molecule has 2 aromatic rings. The van der Waals surface area contributed by atoms with Gasteiger partial charge in [0.05, 0.1) is 4.92 Å². The third kappa shape index (κ3) is 3.62. The molecule has 0 heterocycles. The maximum absolute atomic E-state index is 10.8. The molecule has 0 saturated heterocycles. The van der Waals surface area contributed by atoms with Crippen molar-refractivity contribution in [3.63, 3.8) is 0 Å². The molecule has 0 spiro atoms. The first-order valence-electron chi connectivity index (χ1n) is 5.59. The zero-order chi connectivity index (χ0) is 14.7. The Balaban J connectivity index is 2.15. The van der Waals surface area contributed by atoms with Gasteiger partial charge >= 0.3 is 0 Å². The van der Waals surface area contributed by atoms with Gasteiger partial charge in [0.2, 0.25) is 0 Å². The second-order valence-corrected chi connectivity index (χ2v) is 5.72. The van der Waals surface area contributed by atoms with Crippen LogP contribution in [-0.2, 0) is 6.54 Å². The van der Waals surface area contributed by atoms with E-state index in [1.54, 1.807) is 18.2 Å². The highest BCUT2D eigenvalue weighted by molar-refractivity contribution is 9.10. The molecule has 0 aliphatic rings. The van der Waals surface area contributed by atoms with E-state index in [-0.39, 0.29) is 10.7 Å². The number of nitro benzene ring substituents is 1. The van der Waals surface area contributed by atoms with Crippen molar-refractivity contribution in [3.8, 4) is 0 Å². The largest absolute Gasteiger partial charge is 0.380 e. The van der Waals surface area contributed by atoms with Gasteiger partial charge in [-0.05, 0) is 45.8 Å². The molecule has 0 aliphatic carbocycles. The summed E-state index contributed by atoms with van der Waals surface area (Å²) in [5, 5.41) is 14.7. The molecule has 7 heteroatoms. The van der Waals surface area contributed by atoms with Crippen molar-refractivity contribution in [2.45, 2.75) is 6.54 Å². The topological polar surface area (TPSA) is 55.2 Å². The molecule has 2 rings (SSSR count). The van der Waals surface area contributed by atoms with Crippen molar-refractivity contribution >= 4 is 50.5 Å². The number of benzene rings is 2. The lowest BCUT2D eigenvalue weighted by Gasteiger charge is -2.09. The molecule has 0 aliphatic heterocycles. The number of nitrogens with zero attached hydrogens (tertiary/aromatic N) is 1. The fourth-order valence-electron chi connectivity index (χ4n) is 1.64. The Morgan fingerprint density at radius 1 is 1.20 bits per heavy atom. The van der Waals surface area contributed by atoms with Crippen LogP contribution in [0.2, 0.25) is 10.0 Å². The van der Waals surface area contributed by atoms with Crippen molar-refractivity contribution in [2.75, 3.05) is 5.32 Å². The van der Waals surface area contributed by atoms with Gasteiger partial charge in [0.1, 0.15) is 5.02 Å². The third-order valence-electron chi connectivity index (χ3n) is 2.62. The normalized spacial score (nSPS) is 10.3. The van der Waals surface area contributed by atoms with Crippen LogP contribution in [0.15, 0.2) is 40.9 Å². The number of nitro groups is 1. The maximum atomic E-state index is 10.8. The zero-order valence-electron chi connectivity index (χ0n) is 10.1. The monoisotopic (exact) mass is 374 g/mol. The summed E-state index contributed by atoms with van der Waals surface area (Å²) in [4.78, 5) is 10.3. The average molecular weight is 376 g/mol. The number of anilines is 1. The van der Waals surface area contributed by atoms with Gasteiger partial charge in [0, 0.05) is 27.8 Å². The van der Waals surface area contributed by atoms with Crippen molar-refractivity contribution in [1.29, 1.82) is 0 Å². The maximum Gasteiger partial charge on any atom is 0.288 e. The van der Waals surface area contributed by atoms with Gasteiger partial charge in [-0.3, -0.25) is 10.1 Å². The van der Waals surface area contributed by atoms with E-state index >= 15 is 0 Å². The minimum atomic E-state index is -0.496. The summed E-state index contributed by atoms with van der Waals surface area (Å²) < 4.78 is 0.827. The molecule has 0 unspecified atom stereocenters. The highest BCUT2D eigenvalue weighted by atomic mass is 79.9. The number of hydrogen-bond donors (Lipinski definition) is 1. The summed E-state index contributed by atoms with van der Waals surface area (Å²) in [5.41, 5.74) is 1.52. The van der Waals surface area contributed by atoms with Gasteiger partial charge in [-0.2, -0.15) is 0 Å². The molecule has 20 heavy (non-hydrogen) atoms. The molecule has 0 atom stereocenters. The van der Waals surface area contributed by atoms with Gasteiger partial charge in [0.15, 0.2) is 0 Å². The van der Waals surface area contributed by atoms with Crippen LogP contribution >= 0.6 is 39.1 Å². The van der Waals surface area contributed by atoms with Crippen LogP contribution in [0.4, 0.5) is 11.4 Å². The van der Waals surface area contributed by atoms with Gasteiger partial charge in [0.25, 0.3) is 5.69 Å². The lowest BCUT2D eigenvalue weighted by Crippen LogP contribution is -2.01. The summed E-state index contributed by atoms with van der Waals surface area (Å²) in [6.07, 6.45) is 0. The predicted molar refractivity (Wildman–Crippen MR) is 84.6 cm³/mol. The average Bonchev–Trinajstić information content (AvgIpc) is 2.39. The van der Waals surface area contributed by atoms with Crippen LogP contribution < -0.4 is 5.32 Å². The minimum Gasteiger partial charge on any atom is -0.380 e. The van der Waals surface area contributed by atoms with Crippen molar-refractivity contribution in [1.82, 2.24) is 0 Å². The highest BCUT2D eigenvalue weighted by Crippen LogP contribution is 2.28. The molecule has 0 bridgehead atoms. The Kier molecular flexibility index (Phi) is 4.86. The fourth-order valence-corrected chi connectivity index (χ4v) is 2.65. The Labute approximate surface area is 134 Å². The number of hydrogen-bond acceptors (Lipinski definition) is 3. The molecule has 104 valence electrons. The standard InChI is InChI=1S/C13H9BrCl2N2O2/c14-10-6-9(15)2-4-12(10)17-7-8-1-3-11(16)13(5-8)18(19)20/h1-6,17H,7H2. The third-order valence-corrected chi connectivity index (χ3v) is 3.83. The summed E-state index contributed by atoms with van der Waals surface area (Å²) in [6.45, 7) is 0.443. The number of halogens is 3. The van der Waals surface area contributed by atoms with E-state index in [0.29, 0.717) is 11.6 Å². The molecule has 0 radical (unpaired) electrons. The van der Waals surface area contributed by atoms with Gasteiger partial charge in [-0.25, -0.2) is 0 Å². The predicted octanol–water partition coefficient (Wildman–Crippen LogP) is 5.28. The molecule has 0 aromatic heterocycles. The van der Waals surface area contributed by atoms with Gasteiger partial charge in [-0.15, -0.1) is 0 Å². The molecule has 0 saturated carbocycles. The van der Waals surface area contributed by atoms with Crippen LogP contribution in [0.25, 0.3) is 0 Å². The smallest absolute Gasteiger partial charge is 0.288 e. The molecular formula is C13H9BrCl2N2O2. The number of nitrogens with one attached hydrogen (secondary N) is 1. The molecule has 0 amide bonds. The van der Waals surface area contributed by atoms with E-state index in [1.165, 1.54) is 12.1 Å². The van der Waals surface area contributed by atoms with Gasteiger partial charge < -0.3 is 5.32 Å². The summed E-state index contributed by atoms with van der Waals surface area (Å²) >= 11 is 15.0. The van der Waals surface area contributed by atoms with E-state index in [2.05, 4.69) is 21.2 Å². The van der Waals surface area contributed by atoms with E-state index in [9.17, 15) is 10.1 Å². The molecule has 1 N–H and O–H groups in total. The van der Waals surface area contributed by atoms with E-state index in [1.807, 2.05) is 6.07 Å². The lowest BCUT2D eigenvalue weighted by molar-refractivity contribution is -0.384. The molecular weight excluding hydrogens is 367 g/mol. The first-order valence-corrected chi connectivity index (χ1v) is 7.14. The van der Waals surface area contributed by atoms with Crippen LogP contribution in [0, 0.1) is 10.1 Å². The Morgan fingerprint density at radius 2 is 1.95 bits per heavy atom. The van der Waals surface area contributed by atoms with Crippen molar-refractivity contribution in [2.24, 2.45) is 0 Å². The molecule has 4 nitrogen and oxygen atoms in total. The molecule has 2 aromatic carbocycles. The lowest BCUT2D eigenvalue weighted by atomic mass is 10.2. The van der Waals surface area contributed by atoms with Crippen LogP contribution in [0.3, 0.4) is 0 Å². The van der Waals surface area contributed by atoms with E-state index < -0.39 is 4.92 Å². The first kappa shape index (κ1) is 15.1. The first-order chi connectivity index (χ1) is 9.47. The van der Waals surface area contributed by atoms with Gasteiger partial charge in [-0.1, -0.05) is 29.3 Å². The number of rotatable bonds is 4. The Hall–Kier alpha value is -1.30. The SMILES string of the molecule is O=[N+]([O-])c1cc(CNc2ccc(Cl)cc2Br)ccc1Cl. The summed E-state index contributed by atoms with van der Waals surface area (Å²) in [6, 6.07) is 10.1. The van der Waals surface area contributed by atoms with Crippen molar-refractivity contribution in [3.05, 3.63) is 66.6 Å². The second kappa shape index (κ2) is 6.43. The summed E-state index contributed by atoms with van der Waals surface area (Å²) in [5.74, 6) is 0. The fraction of sp³-hybridized carbons (Fsp3) is 0.0769. The second-order valence-electron chi connectivity index (χ2n) is 4.02. The highest BCUT2D eigenvalue weighted by Gasteiger charge is 2.12. The van der Waals surface area contributed by atoms with Crippen LogP contribution in [0.1, 0.15) is 5.56 Å². The Bertz CT molecular complexity index is 665. The minimum absolute atomic E-state index is 0.0962. The van der Waals surface area contributed by atoms with E-state index in [0.717, 1.165) is 15.7 Å².